The maximum atomic E-state index is 3.49. The molecule has 1 unspecified atom stereocenters. The Morgan fingerprint density at radius 1 is 1.13 bits per heavy atom. The van der Waals surface area contributed by atoms with Crippen LogP contribution in [0.15, 0.2) is 18.2 Å². The van der Waals surface area contributed by atoms with E-state index in [1.165, 1.54) is 16.8 Å². The fourth-order valence-corrected chi connectivity index (χ4v) is 2.01. The Morgan fingerprint density at radius 3 is 2.47 bits per heavy atom. The van der Waals surface area contributed by atoms with Gasteiger partial charge in [-0.3, -0.25) is 5.32 Å². The number of piperazine rings is 1. The van der Waals surface area contributed by atoms with Gasteiger partial charge < -0.3 is 10.6 Å². The van der Waals surface area contributed by atoms with Gasteiger partial charge >= 0.3 is 0 Å². The summed E-state index contributed by atoms with van der Waals surface area (Å²) in [6.45, 7) is 7.33. The standard InChI is InChI=1S/C12H19N3/c1-9-5-10(2)7-11(6-9)15-12-8-13-3-4-14-12/h5-7,12-15H,3-4,8H2,1-2H3. The molecule has 0 aliphatic carbocycles. The van der Waals surface area contributed by atoms with Crippen molar-refractivity contribution in [2.45, 2.75) is 20.0 Å². The zero-order chi connectivity index (χ0) is 10.7. The normalized spacial score (nSPS) is 21.3. The molecular weight excluding hydrogens is 186 g/mol. The minimum Gasteiger partial charge on any atom is -0.369 e. The Balaban J connectivity index is 2.02. The van der Waals surface area contributed by atoms with Crippen LogP contribution in [-0.4, -0.2) is 25.8 Å². The van der Waals surface area contributed by atoms with E-state index < -0.39 is 0 Å². The third-order valence-electron chi connectivity index (χ3n) is 2.60. The predicted molar refractivity (Wildman–Crippen MR) is 64.2 cm³/mol. The van der Waals surface area contributed by atoms with Crippen molar-refractivity contribution in [2.24, 2.45) is 0 Å². The minimum absolute atomic E-state index is 0.347. The SMILES string of the molecule is Cc1cc(C)cc(NC2CNCCN2)c1. The van der Waals surface area contributed by atoms with Gasteiger partial charge in [-0.15, -0.1) is 0 Å². The first-order valence-corrected chi connectivity index (χ1v) is 5.53. The van der Waals surface area contributed by atoms with Gasteiger partial charge in [-0.05, 0) is 37.1 Å². The molecule has 1 aliphatic heterocycles. The first-order valence-electron chi connectivity index (χ1n) is 5.53. The largest absolute Gasteiger partial charge is 0.369 e. The molecule has 1 aliphatic rings. The molecule has 1 saturated heterocycles. The summed E-state index contributed by atoms with van der Waals surface area (Å²) in [6, 6.07) is 6.56. The fraction of sp³-hybridized carbons (Fsp3) is 0.500. The lowest BCUT2D eigenvalue weighted by Gasteiger charge is -2.26. The molecule has 2 rings (SSSR count). The highest BCUT2D eigenvalue weighted by Crippen LogP contribution is 2.14. The van der Waals surface area contributed by atoms with Crippen molar-refractivity contribution in [3.05, 3.63) is 29.3 Å². The summed E-state index contributed by atoms with van der Waals surface area (Å²) in [7, 11) is 0. The summed E-state index contributed by atoms with van der Waals surface area (Å²) in [5, 5.41) is 10.3. The molecule has 1 fully saturated rings. The number of nitrogens with one attached hydrogen (secondary N) is 3. The first-order chi connectivity index (χ1) is 7.24. The summed E-state index contributed by atoms with van der Waals surface area (Å²) in [5.41, 5.74) is 3.82. The summed E-state index contributed by atoms with van der Waals surface area (Å²) in [5.74, 6) is 0. The third kappa shape index (κ3) is 2.94. The number of hydrogen-bond donors (Lipinski definition) is 3. The molecule has 1 aromatic carbocycles. The van der Waals surface area contributed by atoms with Crippen LogP contribution in [0.25, 0.3) is 0 Å². The maximum absolute atomic E-state index is 3.49. The molecule has 3 N–H and O–H groups in total. The molecule has 3 heteroatoms. The fourth-order valence-electron chi connectivity index (χ4n) is 2.01. The molecule has 0 saturated carbocycles. The molecule has 0 spiro atoms. The van der Waals surface area contributed by atoms with E-state index in [0.29, 0.717) is 6.17 Å². The molecule has 82 valence electrons. The number of aryl methyl sites for hydroxylation is 2. The van der Waals surface area contributed by atoms with Crippen molar-refractivity contribution >= 4 is 5.69 Å². The van der Waals surface area contributed by atoms with Gasteiger partial charge in [-0.25, -0.2) is 0 Å². The summed E-state index contributed by atoms with van der Waals surface area (Å²) in [6.07, 6.45) is 0.347. The molecule has 15 heavy (non-hydrogen) atoms. The summed E-state index contributed by atoms with van der Waals surface area (Å²) < 4.78 is 0. The van der Waals surface area contributed by atoms with Crippen molar-refractivity contribution in [3.63, 3.8) is 0 Å². The van der Waals surface area contributed by atoms with E-state index in [1.807, 2.05) is 0 Å². The van der Waals surface area contributed by atoms with Gasteiger partial charge in [0.25, 0.3) is 0 Å². The lowest BCUT2D eigenvalue weighted by atomic mass is 10.1. The topological polar surface area (TPSA) is 36.1 Å². The molecule has 0 bridgehead atoms. The molecule has 3 nitrogen and oxygen atoms in total. The van der Waals surface area contributed by atoms with Crippen LogP contribution >= 0.6 is 0 Å². The molecule has 0 amide bonds. The van der Waals surface area contributed by atoms with Gasteiger partial charge in [0.1, 0.15) is 0 Å². The first kappa shape index (κ1) is 10.5. The van der Waals surface area contributed by atoms with Crippen molar-refractivity contribution in [3.8, 4) is 0 Å². The zero-order valence-electron chi connectivity index (χ0n) is 9.43. The van der Waals surface area contributed by atoms with E-state index in [1.54, 1.807) is 0 Å². The van der Waals surface area contributed by atoms with Crippen molar-refractivity contribution < 1.29 is 0 Å². The highest BCUT2D eigenvalue weighted by molar-refractivity contribution is 5.49. The Kier molecular flexibility index (Phi) is 3.23. The summed E-state index contributed by atoms with van der Waals surface area (Å²) >= 11 is 0. The maximum Gasteiger partial charge on any atom is 0.0896 e. The molecule has 0 radical (unpaired) electrons. The van der Waals surface area contributed by atoms with Crippen LogP contribution in [0.2, 0.25) is 0 Å². The van der Waals surface area contributed by atoms with Crippen LogP contribution in [-0.2, 0) is 0 Å². The Hall–Kier alpha value is -1.06. The van der Waals surface area contributed by atoms with Crippen LogP contribution < -0.4 is 16.0 Å². The number of anilines is 1. The van der Waals surface area contributed by atoms with Crippen LogP contribution in [0.5, 0.6) is 0 Å². The van der Waals surface area contributed by atoms with Gasteiger partial charge in [-0.2, -0.15) is 0 Å². The lowest BCUT2D eigenvalue weighted by molar-refractivity contribution is 0.450. The van der Waals surface area contributed by atoms with Crippen LogP contribution in [0.3, 0.4) is 0 Å². The van der Waals surface area contributed by atoms with E-state index in [4.69, 9.17) is 0 Å². The van der Waals surface area contributed by atoms with E-state index in [0.717, 1.165) is 19.6 Å². The zero-order valence-corrected chi connectivity index (χ0v) is 9.43. The van der Waals surface area contributed by atoms with E-state index in [9.17, 15) is 0 Å². The molecule has 1 heterocycles. The van der Waals surface area contributed by atoms with Gasteiger partial charge in [-0.1, -0.05) is 6.07 Å². The highest BCUT2D eigenvalue weighted by Gasteiger charge is 2.10. The number of hydrogen-bond acceptors (Lipinski definition) is 3. The Morgan fingerprint density at radius 2 is 1.87 bits per heavy atom. The van der Waals surface area contributed by atoms with Gasteiger partial charge in [0, 0.05) is 25.3 Å². The Labute approximate surface area is 91.3 Å². The molecule has 1 aromatic rings. The summed E-state index contributed by atoms with van der Waals surface area (Å²) in [4.78, 5) is 0. The van der Waals surface area contributed by atoms with Crippen molar-refractivity contribution in [2.75, 3.05) is 25.0 Å². The number of rotatable bonds is 2. The van der Waals surface area contributed by atoms with E-state index in [-0.39, 0.29) is 0 Å². The third-order valence-corrected chi connectivity index (χ3v) is 2.60. The van der Waals surface area contributed by atoms with Crippen LogP contribution in [0, 0.1) is 13.8 Å². The van der Waals surface area contributed by atoms with E-state index >= 15 is 0 Å². The quantitative estimate of drug-likeness (QED) is 0.680. The monoisotopic (exact) mass is 205 g/mol. The van der Waals surface area contributed by atoms with Crippen LogP contribution in [0.1, 0.15) is 11.1 Å². The Bertz CT molecular complexity index is 309. The van der Waals surface area contributed by atoms with Crippen molar-refractivity contribution in [1.29, 1.82) is 0 Å². The molecular formula is C12H19N3. The van der Waals surface area contributed by atoms with Gasteiger partial charge in [0.15, 0.2) is 0 Å². The predicted octanol–water partition coefficient (Wildman–Crippen LogP) is 1.23. The molecule has 0 aromatic heterocycles. The minimum atomic E-state index is 0.347. The molecule has 1 atom stereocenters. The average Bonchev–Trinajstić information content (AvgIpc) is 2.17. The van der Waals surface area contributed by atoms with E-state index in [2.05, 4.69) is 48.0 Å². The highest BCUT2D eigenvalue weighted by atomic mass is 15.2. The smallest absolute Gasteiger partial charge is 0.0896 e. The lowest BCUT2D eigenvalue weighted by Crippen LogP contribution is -2.52. The number of benzene rings is 1. The van der Waals surface area contributed by atoms with Crippen LogP contribution in [0.4, 0.5) is 5.69 Å². The second-order valence-corrected chi connectivity index (χ2v) is 4.23. The average molecular weight is 205 g/mol. The van der Waals surface area contributed by atoms with Crippen molar-refractivity contribution in [1.82, 2.24) is 10.6 Å². The second kappa shape index (κ2) is 4.64. The van der Waals surface area contributed by atoms with Gasteiger partial charge in [0.05, 0.1) is 6.17 Å². The second-order valence-electron chi connectivity index (χ2n) is 4.23. The van der Waals surface area contributed by atoms with Gasteiger partial charge in [0.2, 0.25) is 0 Å².